The largest absolute Gasteiger partial charge is 0.369 e. The number of carbonyl (C=O) groups is 3. The van der Waals surface area contributed by atoms with Crippen LogP contribution in [0.3, 0.4) is 0 Å². The van der Waals surface area contributed by atoms with Gasteiger partial charge in [-0.15, -0.1) is 0 Å². The number of amides is 3. The maximum Gasteiger partial charge on any atom is 0.255 e. The van der Waals surface area contributed by atoms with Crippen molar-refractivity contribution in [2.75, 3.05) is 31.1 Å². The van der Waals surface area contributed by atoms with Gasteiger partial charge in [0.2, 0.25) is 21.8 Å². The summed E-state index contributed by atoms with van der Waals surface area (Å²) in [5.41, 5.74) is 1.75. The van der Waals surface area contributed by atoms with Crippen LogP contribution in [0.2, 0.25) is 0 Å². The van der Waals surface area contributed by atoms with Gasteiger partial charge in [0.05, 0.1) is 0 Å². The van der Waals surface area contributed by atoms with Crippen molar-refractivity contribution in [3.63, 3.8) is 0 Å². The Hall–Kier alpha value is -3.38. The van der Waals surface area contributed by atoms with E-state index in [2.05, 4.69) is 5.32 Å². The number of hydrogen-bond donors (Lipinski definition) is 1. The lowest BCUT2D eigenvalue weighted by Gasteiger charge is -2.36. The molecule has 2 saturated heterocycles. The fourth-order valence-corrected chi connectivity index (χ4v) is 6.48. The molecule has 0 saturated carbocycles. The molecular formula is C24H24F2N4O5S. The first-order chi connectivity index (χ1) is 17.1. The summed E-state index contributed by atoms with van der Waals surface area (Å²) in [6.07, 6.45) is 0.296. The zero-order chi connectivity index (χ0) is 25.8. The van der Waals surface area contributed by atoms with Gasteiger partial charge in [-0.2, -0.15) is 4.31 Å². The van der Waals surface area contributed by atoms with Crippen molar-refractivity contribution in [1.29, 1.82) is 0 Å². The first-order valence-corrected chi connectivity index (χ1v) is 13.0. The molecule has 9 nitrogen and oxygen atoms in total. The number of aryl methyl sites for hydroxylation is 1. The molecule has 3 heterocycles. The molecule has 2 fully saturated rings. The van der Waals surface area contributed by atoms with Crippen LogP contribution < -0.4 is 10.2 Å². The molecule has 0 aliphatic carbocycles. The van der Waals surface area contributed by atoms with Gasteiger partial charge in [-0.1, -0.05) is 6.07 Å². The van der Waals surface area contributed by atoms with Crippen LogP contribution in [-0.2, 0) is 26.2 Å². The summed E-state index contributed by atoms with van der Waals surface area (Å²) in [5.74, 6) is -2.88. The summed E-state index contributed by atoms with van der Waals surface area (Å²) in [6.45, 7) is 2.24. The van der Waals surface area contributed by atoms with Crippen LogP contribution in [0.5, 0.6) is 0 Å². The third-order valence-corrected chi connectivity index (χ3v) is 8.81. The van der Waals surface area contributed by atoms with E-state index in [1.165, 1.54) is 33.5 Å². The minimum Gasteiger partial charge on any atom is -0.369 e. The molecular weight excluding hydrogens is 494 g/mol. The fourth-order valence-electron chi connectivity index (χ4n) is 5.01. The number of halogens is 2. The third kappa shape index (κ3) is 4.13. The Bertz CT molecular complexity index is 1390. The average Bonchev–Trinajstić information content (AvgIpc) is 3.14. The Morgan fingerprint density at radius 1 is 1.00 bits per heavy atom. The minimum atomic E-state index is -4.05. The number of rotatable bonds is 4. The molecule has 36 heavy (non-hydrogen) atoms. The summed E-state index contributed by atoms with van der Waals surface area (Å²) in [7, 11) is -4.05. The normalized spacial score (nSPS) is 21.1. The summed E-state index contributed by atoms with van der Waals surface area (Å²) in [6, 6.07) is 5.56. The zero-order valence-electron chi connectivity index (χ0n) is 19.5. The number of sulfonamides is 1. The van der Waals surface area contributed by atoms with E-state index in [1.807, 2.05) is 0 Å². The lowest BCUT2D eigenvalue weighted by Crippen LogP contribution is -2.52. The maximum atomic E-state index is 14.5. The molecule has 1 N–H and O–H groups in total. The van der Waals surface area contributed by atoms with Crippen LogP contribution >= 0.6 is 0 Å². The molecule has 2 aromatic rings. The van der Waals surface area contributed by atoms with Crippen LogP contribution in [-0.4, -0.2) is 67.6 Å². The van der Waals surface area contributed by atoms with Crippen molar-refractivity contribution in [3.05, 3.63) is 58.7 Å². The summed E-state index contributed by atoms with van der Waals surface area (Å²) in [5, 5.41) is 2.24. The van der Waals surface area contributed by atoms with E-state index in [1.54, 1.807) is 11.8 Å². The number of anilines is 1. The molecule has 1 atom stereocenters. The molecule has 12 heteroatoms. The lowest BCUT2D eigenvalue weighted by molar-refractivity contribution is -0.136. The van der Waals surface area contributed by atoms with Crippen molar-refractivity contribution in [3.8, 4) is 0 Å². The summed E-state index contributed by atoms with van der Waals surface area (Å²) >= 11 is 0. The summed E-state index contributed by atoms with van der Waals surface area (Å²) in [4.78, 5) is 39.6. The molecule has 0 bridgehead atoms. The molecule has 0 spiro atoms. The first-order valence-electron chi connectivity index (χ1n) is 11.5. The molecule has 1 unspecified atom stereocenters. The monoisotopic (exact) mass is 518 g/mol. The number of hydrogen-bond acceptors (Lipinski definition) is 6. The molecule has 0 aromatic heterocycles. The highest BCUT2D eigenvalue weighted by Crippen LogP contribution is 2.36. The van der Waals surface area contributed by atoms with E-state index in [0.29, 0.717) is 16.8 Å². The average molecular weight is 519 g/mol. The van der Waals surface area contributed by atoms with Gasteiger partial charge >= 0.3 is 0 Å². The van der Waals surface area contributed by atoms with Crippen molar-refractivity contribution in [1.82, 2.24) is 14.5 Å². The molecule has 3 amide bonds. The minimum absolute atomic E-state index is 0.0474. The van der Waals surface area contributed by atoms with Gasteiger partial charge in [-0.25, -0.2) is 17.2 Å². The Morgan fingerprint density at radius 2 is 1.72 bits per heavy atom. The predicted octanol–water partition coefficient (Wildman–Crippen LogP) is 1.55. The smallest absolute Gasteiger partial charge is 0.255 e. The van der Waals surface area contributed by atoms with E-state index in [-0.39, 0.29) is 51.1 Å². The fraction of sp³-hybridized carbons (Fsp3) is 0.375. The highest BCUT2D eigenvalue weighted by atomic mass is 32.2. The maximum absolute atomic E-state index is 14.5. The standard InChI is InChI=1S/C24H24F2N4O5S/c1-14-2-4-21(18(26)10-14)36(34,35)29-8-6-28(7-9-29)20-12-15(25)11-16-17(20)13-30(24(16)33)19-3-5-22(31)27-23(19)32/h2,4,10-12,19H,3,5-9,13H2,1H3,(H,27,31,32). The van der Waals surface area contributed by atoms with Gasteiger partial charge < -0.3 is 9.80 Å². The Balaban J connectivity index is 1.36. The molecule has 3 aliphatic heterocycles. The van der Waals surface area contributed by atoms with E-state index >= 15 is 0 Å². The van der Waals surface area contributed by atoms with E-state index in [4.69, 9.17) is 0 Å². The number of carbonyl (C=O) groups excluding carboxylic acids is 3. The first kappa shape index (κ1) is 24.3. The predicted molar refractivity (Wildman–Crippen MR) is 125 cm³/mol. The van der Waals surface area contributed by atoms with Crippen molar-refractivity contribution >= 4 is 33.4 Å². The molecule has 2 aromatic carbocycles. The summed E-state index contributed by atoms with van der Waals surface area (Å²) < 4.78 is 56.1. The number of nitrogens with one attached hydrogen (secondary N) is 1. The van der Waals surface area contributed by atoms with E-state index < -0.39 is 50.3 Å². The Morgan fingerprint density at radius 3 is 2.39 bits per heavy atom. The van der Waals surface area contributed by atoms with E-state index in [0.717, 1.165) is 6.07 Å². The molecule has 190 valence electrons. The van der Waals surface area contributed by atoms with Gasteiger partial charge in [0.25, 0.3) is 5.91 Å². The van der Waals surface area contributed by atoms with Crippen LogP contribution in [0.4, 0.5) is 14.5 Å². The van der Waals surface area contributed by atoms with Gasteiger partial charge in [-0.05, 0) is 43.2 Å². The number of benzene rings is 2. The second-order valence-corrected chi connectivity index (χ2v) is 11.1. The zero-order valence-corrected chi connectivity index (χ0v) is 20.3. The van der Waals surface area contributed by atoms with Crippen LogP contribution in [0, 0.1) is 18.6 Å². The SMILES string of the molecule is Cc1ccc(S(=O)(=O)N2CCN(c3cc(F)cc4c3CN(C3CCC(=O)NC3=O)C4=O)CC2)c(F)c1. The van der Waals surface area contributed by atoms with E-state index in [9.17, 15) is 31.6 Å². The van der Waals surface area contributed by atoms with Crippen LogP contribution in [0.15, 0.2) is 35.2 Å². The van der Waals surface area contributed by atoms with Crippen LogP contribution in [0.25, 0.3) is 0 Å². The lowest BCUT2D eigenvalue weighted by atomic mass is 10.0. The third-order valence-electron chi connectivity index (χ3n) is 6.88. The number of imide groups is 1. The number of nitrogens with zero attached hydrogens (tertiary/aromatic N) is 3. The van der Waals surface area contributed by atoms with Gasteiger partial charge in [-0.3, -0.25) is 19.7 Å². The topological polar surface area (TPSA) is 107 Å². The van der Waals surface area contributed by atoms with Gasteiger partial charge in [0.1, 0.15) is 22.6 Å². The van der Waals surface area contributed by atoms with Gasteiger partial charge in [0.15, 0.2) is 0 Å². The Kier molecular flexibility index (Phi) is 6.03. The quantitative estimate of drug-likeness (QED) is 0.616. The second kappa shape index (κ2) is 8.93. The van der Waals surface area contributed by atoms with Gasteiger partial charge in [0, 0.05) is 56.0 Å². The number of fused-ring (bicyclic) bond motifs is 1. The van der Waals surface area contributed by atoms with Crippen LogP contribution in [0.1, 0.15) is 34.3 Å². The molecule has 3 aliphatic rings. The van der Waals surface area contributed by atoms with Crippen molar-refractivity contribution < 1.29 is 31.6 Å². The highest BCUT2D eigenvalue weighted by molar-refractivity contribution is 7.89. The highest BCUT2D eigenvalue weighted by Gasteiger charge is 2.41. The Labute approximate surface area is 206 Å². The number of piperidine rings is 1. The number of piperazine rings is 1. The second-order valence-electron chi connectivity index (χ2n) is 9.18. The van der Waals surface area contributed by atoms with Crippen molar-refractivity contribution in [2.24, 2.45) is 0 Å². The molecule has 5 rings (SSSR count). The van der Waals surface area contributed by atoms with Crippen molar-refractivity contribution in [2.45, 2.75) is 37.2 Å². The molecule has 0 radical (unpaired) electrons.